The molecule has 7 heteroatoms. The molecule has 2 atom stereocenters. The van der Waals surface area contributed by atoms with Crippen molar-refractivity contribution in [1.82, 2.24) is 15.5 Å². The van der Waals surface area contributed by atoms with E-state index in [1.807, 2.05) is 0 Å². The molecule has 7 nitrogen and oxygen atoms in total. The lowest BCUT2D eigenvalue weighted by molar-refractivity contribution is 0.0309. The predicted molar refractivity (Wildman–Crippen MR) is 94.2 cm³/mol. The van der Waals surface area contributed by atoms with Gasteiger partial charge in [0.1, 0.15) is 6.10 Å². The van der Waals surface area contributed by atoms with Crippen molar-refractivity contribution in [3.63, 3.8) is 0 Å². The normalized spacial score (nSPS) is 28.9. The van der Waals surface area contributed by atoms with Crippen LogP contribution in [0.25, 0.3) is 0 Å². The first-order valence-corrected chi connectivity index (χ1v) is 9.83. The van der Waals surface area contributed by atoms with E-state index in [-0.39, 0.29) is 12.2 Å². The van der Waals surface area contributed by atoms with Crippen molar-refractivity contribution in [2.75, 3.05) is 6.54 Å². The van der Waals surface area contributed by atoms with Gasteiger partial charge in [0.15, 0.2) is 11.8 Å². The standard InChI is InChI=1S/C18H29N5O2/c19-18(21-13-5-3-1-2-4-6-13)20-11-14-9-10-15(24-14)17-22-16(23-25-17)12-7-8-12/h12-15H,1-11H2,(H3,19,20,21)/t14-,15+/m1/s1. The number of nitrogens with zero attached hydrogens (tertiary/aromatic N) is 3. The molecular formula is C18H29N5O2. The van der Waals surface area contributed by atoms with Gasteiger partial charge in [0.05, 0.1) is 12.6 Å². The van der Waals surface area contributed by atoms with Crippen LogP contribution in [-0.2, 0) is 4.74 Å². The highest BCUT2D eigenvalue weighted by Gasteiger charge is 2.34. The topological polar surface area (TPSA) is 98.6 Å². The fraction of sp³-hybridized carbons (Fsp3) is 0.833. The molecule has 138 valence electrons. The Balaban J connectivity index is 1.24. The monoisotopic (exact) mass is 347 g/mol. The van der Waals surface area contributed by atoms with E-state index in [0.717, 1.165) is 18.7 Å². The van der Waals surface area contributed by atoms with Gasteiger partial charge in [-0.3, -0.25) is 4.99 Å². The summed E-state index contributed by atoms with van der Waals surface area (Å²) in [5.41, 5.74) is 6.07. The van der Waals surface area contributed by atoms with Gasteiger partial charge in [-0.2, -0.15) is 4.98 Å². The molecule has 3 aliphatic rings. The molecule has 0 amide bonds. The van der Waals surface area contributed by atoms with Crippen molar-refractivity contribution >= 4 is 5.96 Å². The zero-order valence-corrected chi connectivity index (χ0v) is 14.8. The Kier molecular flexibility index (Phi) is 5.20. The van der Waals surface area contributed by atoms with Crippen LogP contribution in [0.4, 0.5) is 0 Å². The average Bonchev–Trinajstić information content (AvgIpc) is 3.24. The number of hydrogen-bond acceptors (Lipinski definition) is 5. The summed E-state index contributed by atoms with van der Waals surface area (Å²) >= 11 is 0. The summed E-state index contributed by atoms with van der Waals surface area (Å²) in [6, 6.07) is 0.475. The number of hydrogen-bond donors (Lipinski definition) is 2. The van der Waals surface area contributed by atoms with E-state index in [1.165, 1.54) is 51.4 Å². The summed E-state index contributed by atoms with van der Waals surface area (Å²) in [6.07, 6.45) is 11.8. The second kappa shape index (κ2) is 7.72. The molecule has 2 heterocycles. The zero-order valence-electron chi connectivity index (χ0n) is 14.8. The maximum atomic E-state index is 6.07. The Morgan fingerprint density at radius 2 is 1.88 bits per heavy atom. The molecule has 0 aromatic carbocycles. The minimum Gasteiger partial charge on any atom is -0.370 e. The lowest BCUT2D eigenvalue weighted by Gasteiger charge is -2.17. The SMILES string of the molecule is NC(=NC[C@H]1CC[C@@H](c2nc(C3CC3)no2)O1)NC1CCCCCC1. The lowest BCUT2D eigenvalue weighted by Crippen LogP contribution is -2.40. The van der Waals surface area contributed by atoms with Crippen molar-refractivity contribution in [1.29, 1.82) is 0 Å². The highest BCUT2D eigenvalue weighted by Crippen LogP contribution is 2.39. The Morgan fingerprint density at radius 1 is 1.08 bits per heavy atom. The van der Waals surface area contributed by atoms with Crippen LogP contribution in [0.2, 0.25) is 0 Å². The van der Waals surface area contributed by atoms with Gasteiger partial charge in [0, 0.05) is 12.0 Å². The largest absolute Gasteiger partial charge is 0.370 e. The molecule has 0 bridgehead atoms. The molecule has 0 unspecified atom stereocenters. The molecule has 4 rings (SSSR count). The molecule has 0 spiro atoms. The smallest absolute Gasteiger partial charge is 0.255 e. The van der Waals surface area contributed by atoms with Crippen LogP contribution < -0.4 is 11.1 Å². The van der Waals surface area contributed by atoms with Gasteiger partial charge in [-0.15, -0.1) is 0 Å². The van der Waals surface area contributed by atoms with Crippen molar-refractivity contribution in [3.05, 3.63) is 11.7 Å². The molecule has 1 aliphatic heterocycles. The Bertz CT molecular complexity index is 590. The zero-order chi connectivity index (χ0) is 17.1. The molecule has 2 aliphatic carbocycles. The van der Waals surface area contributed by atoms with E-state index in [0.29, 0.717) is 30.4 Å². The molecule has 1 aromatic heterocycles. The second-order valence-corrected chi connectivity index (χ2v) is 7.65. The summed E-state index contributed by atoms with van der Waals surface area (Å²) in [6.45, 7) is 0.589. The first-order valence-electron chi connectivity index (χ1n) is 9.83. The van der Waals surface area contributed by atoms with Gasteiger partial charge >= 0.3 is 0 Å². The Morgan fingerprint density at radius 3 is 2.64 bits per heavy atom. The van der Waals surface area contributed by atoms with Gasteiger partial charge in [-0.1, -0.05) is 30.8 Å². The maximum absolute atomic E-state index is 6.07. The molecule has 3 N–H and O–H groups in total. The maximum Gasteiger partial charge on any atom is 0.255 e. The summed E-state index contributed by atoms with van der Waals surface area (Å²) in [5, 5.41) is 7.45. The fourth-order valence-corrected chi connectivity index (χ4v) is 3.79. The van der Waals surface area contributed by atoms with Crippen LogP contribution in [0.15, 0.2) is 9.52 Å². The number of aliphatic imine (C=N–C) groups is 1. The highest BCUT2D eigenvalue weighted by atomic mass is 16.5. The quantitative estimate of drug-likeness (QED) is 0.483. The average molecular weight is 347 g/mol. The van der Waals surface area contributed by atoms with Gasteiger partial charge in [-0.05, 0) is 38.5 Å². The molecule has 1 saturated heterocycles. The third-order valence-electron chi connectivity index (χ3n) is 5.46. The van der Waals surface area contributed by atoms with E-state index in [2.05, 4.69) is 20.4 Å². The van der Waals surface area contributed by atoms with Crippen LogP contribution in [0, 0.1) is 0 Å². The molecular weight excluding hydrogens is 318 g/mol. The number of nitrogens with two attached hydrogens (primary N) is 1. The fourth-order valence-electron chi connectivity index (χ4n) is 3.79. The first-order chi connectivity index (χ1) is 12.3. The van der Waals surface area contributed by atoms with E-state index < -0.39 is 0 Å². The molecule has 3 fully saturated rings. The summed E-state index contributed by atoms with van der Waals surface area (Å²) in [4.78, 5) is 8.99. The number of rotatable bonds is 5. The van der Waals surface area contributed by atoms with Gasteiger partial charge < -0.3 is 20.3 Å². The van der Waals surface area contributed by atoms with Crippen LogP contribution >= 0.6 is 0 Å². The van der Waals surface area contributed by atoms with Crippen LogP contribution in [0.1, 0.15) is 87.9 Å². The first kappa shape index (κ1) is 16.8. The minimum absolute atomic E-state index is 0.0794. The van der Waals surface area contributed by atoms with Gasteiger partial charge in [0.25, 0.3) is 5.89 Å². The van der Waals surface area contributed by atoms with E-state index in [9.17, 15) is 0 Å². The summed E-state index contributed by atoms with van der Waals surface area (Å²) in [7, 11) is 0. The van der Waals surface area contributed by atoms with Crippen molar-refractivity contribution in [2.24, 2.45) is 10.7 Å². The summed E-state index contributed by atoms with van der Waals surface area (Å²) in [5.74, 6) is 2.52. The Hall–Kier alpha value is -1.63. The minimum atomic E-state index is -0.0868. The van der Waals surface area contributed by atoms with Crippen molar-refractivity contribution in [2.45, 2.75) is 88.4 Å². The molecule has 1 aromatic rings. The van der Waals surface area contributed by atoms with Crippen LogP contribution in [0.5, 0.6) is 0 Å². The highest BCUT2D eigenvalue weighted by molar-refractivity contribution is 5.78. The lowest BCUT2D eigenvalue weighted by atomic mass is 10.1. The number of aromatic nitrogens is 2. The summed E-state index contributed by atoms with van der Waals surface area (Å²) < 4.78 is 11.4. The molecule has 25 heavy (non-hydrogen) atoms. The van der Waals surface area contributed by atoms with E-state index in [1.54, 1.807) is 0 Å². The van der Waals surface area contributed by atoms with Gasteiger partial charge in [0.2, 0.25) is 0 Å². The third-order valence-corrected chi connectivity index (χ3v) is 5.46. The third kappa shape index (κ3) is 4.51. The second-order valence-electron chi connectivity index (χ2n) is 7.65. The molecule has 0 radical (unpaired) electrons. The van der Waals surface area contributed by atoms with Crippen LogP contribution in [-0.4, -0.2) is 34.8 Å². The van der Waals surface area contributed by atoms with E-state index in [4.69, 9.17) is 15.0 Å². The number of guanidine groups is 1. The Labute approximate surface area is 148 Å². The van der Waals surface area contributed by atoms with Crippen LogP contribution in [0.3, 0.4) is 0 Å². The predicted octanol–water partition coefficient (Wildman–Crippen LogP) is 2.79. The van der Waals surface area contributed by atoms with Crippen molar-refractivity contribution < 1.29 is 9.26 Å². The number of nitrogens with one attached hydrogen (secondary N) is 1. The van der Waals surface area contributed by atoms with E-state index >= 15 is 0 Å². The van der Waals surface area contributed by atoms with Crippen molar-refractivity contribution in [3.8, 4) is 0 Å². The molecule has 2 saturated carbocycles. The number of ether oxygens (including phenoxy) is 1. The van der Waals surface area contributed by atoms with Gasteiger partial charge in [-0.25, -0.2) is 0 Å².